The summed E-state index contributed by atoms with van der Waals surface area (Å²) in [6, 6.07) is 10.3. The minimum absolute atomic E-state index is 0.236. The largest absolute Gasteiger partial charge is 0.281 e. The molecule has 1 aromatic carbocycles. The molecule has 0 heterocycles. The third kappa shape index (κ3) is 5.76. The molecule has 0 radical (unpaired) electrons. The van der Waals surface area contributed by atoms with Crippen molar-refractivity contribution in [3.8, 4) is 0 Å². The number of thioether (sulfide) groups is 2. The van der Waals surface area contributed by atoms with Crippen LogP contribution in [0.3, 0.4) is 0 Å². The summed E-state index contributed by atoms with van der Waals surface area (Å²) in [6.45, 7) is 8.42. The van der Waals surface area contributed by atoms with Gasteiger partial charge in [0.1, 0.15) is 0 Å². The second-order valence-corrected chi connectivity index (χ2v) is 7.26. The first kappa shape index (κ1) is 17.4. The molecule has 0 spiro atoms. The highest BCUT2D eigenvalue weighted by molar-refractivity contribution is 8.17. The molecule has 1 unspecified atom stereocenters. The molecule has 20 heavy (non-hydrogen) atoms. The van der Waals surface area contributed by atoms with Gasteiger partial charge in [-0.2, -0.15) is 0 Å². The van der Waals surface area contributed by atoms with Gasteiger partial charge in [0.15, 0.2) is 0 Å². The molecule has 0 saturated heterocycles. The third-order valence-electron chi connectivity index (χ3n) is 3.21. The topological polar surface area (TPSA) is 17.1 Å². The number of allylic oxidation sites excluding steroid dienone is 1. The van der Waals surface area contributed by atoms with Gasteiger partial charge in [0.05, 0.1) is 4.91 Å². The Morgan fingerprint density at radius 1 is 1.20 bits per heavy atom. The van der Waals surface area contributed by atoms with Gasteiger partial charge in [-0.1, -0.05) is 68.4 Å². The first-order valence-electron chi connectivity index (χ1n) is 7.15. The van der Waals surface area contributed by atoms with E-state index in [0.29, 0.717) is 5.25 Å². The molecule has 110 valence electrons. The number of hydrogen-bond acceptors (Lipinski definition) is 3. The van der Waals surface area contributed by atoms with Crippen LogP contribution in [0.2, 0.25) is 0 Å². The lowest BCUT2D eigenvalue weighted by Crippen LogP contribution is -2.04. The molecule has 0 fully saturated rings. The fraction of sp³-hybridized carbons (Fsp3) is 0.471. The molecule has 0 aliphatic heterocycles. The third-order valence-corrected chi connectivity index (χ3v) is 5.80. The summed E-state index contributed by atoms with van der Waals surface area (Å²) in [5, 5.41) is 0.624. The summed E-state index contributed by atoms with van der Waals surface area (Å²) in [7, 11) is 0. The maximum Gasteiger partial charge on any atom is 0.225 e. The van der Waals surface area contributed by atoms with Crippen LogP contribution in [0.5, 0.6) is 0 Å². The van der Waals surface area contributed by atoms with Crippen molar-refractivity contribution < 1.29 is 4.79 Å². The van der Waals surface area contributed by atoms with E-state index in [1.807, 2.05) is 18.2 Å². The van der Waals surface area contributed by atoms with Crippen molar-refractivity contribution in [2.24, 2.45) is 0 Å². The van der Waals surface area contributed by atoms with E-state index < -0.39 is 0 Å². The van der Waals surface area contributed by atoms with Crippen LogP contribution in [0.1, 0.15) is 46.1 Å². The summed E-state index contributed by atoms with van der Waals surface area (Å²) in [5.41, 5.74) is 2.46. The highest BCUT2D eigenvalue weighted by atomic mass is 32.2. The molecule has 1 nitrogen and oxygen atoms in total. The van der Waals surface area contributed by atoms with Gasteiger partial charge in [-0.15, -0.1) is 11.8 Å². The first-order valence-corrected chi connectivity index (χ1v) is 9.02. The Morgan fingerprint density at radius 3 is 2.40 bits per heavy atom. The van der Waals surface area contributed by atoms with Gasteiger partial charge >= 0.3 is 0 Å². The summed E-state index contributed by atoms with van der Waals surface area (Å²) in [6.07, 6.45) is 1.96. The lowest BCUT2D eigenvalue weighted by atomic mass is 10.2. The minimum atomic E-state index is 0.236. The summed E-state index contributed by atoms with van der Waals surface area (Å²) in [5.74, 6) is 0.861. The van der Waals surface area contributed by atoms with Crippen molar-refractivity contribution in [1.82, 2.24) is 0 Å². The van der Waals surface area contributed by atoms with Crippen molar-refractivity contribution in [3.05, 3.63) is 46.4 Å². The quantitative estimate of drug-likeness (QED) is 0.605. The normalized spacial score (nSPS) is 13.8. The fourth-order valence-corrected chi connectivity index (χ4v) is 3.71. The summed E-state index contributed by atoms with van der Waals surface area (Å²) >= 11 is 3.15. The van der Waals surface area contributed by atoms with Gasteiger partial charge in [-0.25, -0.2) is 0 Å². The molecule has 0 N–H and O–H groups in total. The van der Waals surface area contributed by atoms with E-state index in [-0.39, 0.29) is 5.12 Å². The first-order chi connectivity index (χ1) is 9.58. The molecule has 0 aliphatic rings. The van der Waals surface area contributed by atoms with E-state index in [0.717, 1.165) is 23.5 Å². The monoisotopic (exact) mass is 308 g/mol. The smallest absolute Gasteiger partial charge is 0.225 e. The zero-order valence-electron chi connectivity index (χ0n) is 12.8. The van der Waals surface area contributed by atoms with Crippen LogP contribution in [0.4, 0.5) is 0 Å². The van der Waals surface area contributed by atoms with Crippen molar-refractivity contribution in [2.45, 2.75) is 51.5 Å². The molecule has 0 bridgehead atoms. The summed E-state index contributed by atoms with van der Waals surface area (Å²) in [4.78, 5) is 13.4. The molecule has 1 aromatic rings. The second kappa shape index (κ2) is 9.30. The van der Waals surface area contributed by atoms with E-state index in [4.69, 9.17) is 0 Å². The van der Waals surface area contributed by atoms with E-state index in [1.165, 1.54) is 22.9 Å². The Morgan fingerprint density at radius 2 is 1.85 bits per heavy atom. The van der Waals surface area contributed by atoms with Gasteiger partial charge in [-0.3, -0.25) is 4.79 Å². The lowest BCUT2D eigenvalue weighted by molar-refractivity contribution is -0.107. The van der Waals surface area contributed by atoms with Gasteiger partial charge in [-0.05, 0) is 25.3 Å². The Kier molecular flexibility index (Phi) is 8.08. The van der Waals surface area contributed by atoms with Gasteiger partial charge in [0.25, 0.3) is 0 Å². The predicted octanol–water partition coefficient (Wildman–Crippen LogP) is 5.66. The second-order valence-electron chi connectivity index (χ2n) is 4.86. The Balaban J connectivity index is 2.74. The van der Waals surface area contributed by atoms with E-state index >= 15 is 0 Å². The molecule has 0 saturated carbocycles. The minimum Gasteiger partial charge on any atom is -0.281 e. The van der Waals surface area contributed by atoms with Crippen molar-refractivity contribution in [2.75, 3.05) is 0 Å². The molecule has 0 aromatic heterocycles. The standard InChI is InChI=1S/C17H24OS2/c1-5-13(3)16(17(18)20-14(4)6-2)19-12-15-10-8-7-9-11-15/h7-11,14H,5-6,12H2,1-4H3/b16-13+. The number of benzene rings is 1. The Bertz CT molecular complexity index is 451. The molecule has 3 heteroatoms. The van der Waals surface area contributed by atoms with Crippen molar-refractivity contribution in [3.63, 3.8) is 0 Å². The molecule has 1 atom stereocenters. The van der Waals surface area contributed by atoms with Gasteiger partial charge in [0, 0.05) is 11.0 Å². The van der Waals surface area contributed by atoms with Crippen molar-refractivity contribution in [1.29, 1.82) is 0 Å². The molecule has 0 aliphatic carbocycles. The average molecular weight is 309 g/mol. The van der Waals surface area contributed by atoms with E-state index in [9.17, 15) is 4.79 Å². The van der Waals surface area contributed by atoms with Crippen LogP contribution in [-0.2, 0) is 10.5 Å². The lowest BCUT2D eigenvalue weighted by Gasteiger charge is -2.12. The molecular formula is C17H24OS2. The molecule has 0 amide bonds. The Hall–Kier alpha value is -0.670. The maximum atomic E-state index is 12.4. The highest BCUT2D eigenvalue weighted by Gasteiger charge is 2.16. The van der Waals surface area contributed by atoms with Crippen LogP contribution in [0, 0.1) is 0 Å². The van der Waals surface area contributed by atoms with Gasteiger partial charge < -0.3 is 0 Å². The van der Waals surface area contributed by atoms with Crippen LogP contribution in [0.15, 0.2) is 40.8 Å². The van der Waals surface area contributed by atoms with E-state index in [1.54, 1.807) is 11.8 Å². The molecule has 1 rings (SSSR count). The zero-order chi connectivity index (χ0) is 15.0. The number of hydrogen-bond donors (Lipinski definition) is 0. The van der Waals surface area contributed by atoms with E-state index in [2.05, 4.69) is 39.8 Å². The van der Waals surface area contributed by atoms with Crippen LogP contribution >= 0.6 is 23.5 Å². The van der Waals surface area contributed by atoms with Crippen LogP contribution in [0.25, 0.3) is 0 Å². The highest BCUT2D eigenvalue weighted by Crippen LogP contribution is 2.32. The predicted molar refractivity (Wildman–Crippen MR) is 93.1 cm³/mol. The number of carbonyl (C=O) groups excluding carboxylic acids is 1. The SMILES string of the molecule is CC/C(C)=C(/SCc1ccccc1)C(=O)SC(C)CC. The number of rotatable bonds is 7. The zero-order valence-corrected chi connectivity index (χ0v) is 14.4. The Labute approximate surface area is 131 Å². The van der Waals surface area contributed by atoms with Crippen LogP contribution in [-0.4, -0.2) is 10.4 Å². The van der Waals surface area contributed by atoms with Crippen molar-refractivity contribution >= 4 is 28.6 Å². The molecular weight excluding hydrogens is 284 g/mol. The van der Waals surface area contributed by atoms with Crippen LogP contribution < -0.4 is 0 Å². The fourth-order valence-electron chi connectivity index (χ4n) is 1.57. The number of carbonyl (C=O) groups is 1. The maximum absolute atomic E-state index is 12.4. The summed E-state index contributed by atoms with van der Waals surface area (Å²) < 4.78 is 0. The average Bonchev–Trinajstić information content (AvgIpc) is 2.47. The van der Waals surface area contributed by atoms with Gasteiger partial charge in [0.2, 0.25) is 5.12 Å².